The van der Waals surface area contributed by atoms with E-state index in [1.54, 1.807) is 7.11 Å². The molecule has 1 N–H and O–H groups in total. The second kappa shape index (κ2) is 9.65. The fourth-order valence-electron chi connectivity index (χ4n) is 2.34. The minimum absolute atomic E-state index is 0.666. The lowest BCUT2D eigenvalue weighted by Gasteiger charge is -2.22. The van der Waals surface area contributed by atoms with Crippen molar-refractivity contribution >= 4 is 5.69 Å². The van der Waals surface area contributed by atoms with E-state index in [0.29, 0.717) is 6.04 Å². The van der Waals surface area contributed by atoms with Crippen molar-refractivity contribution in [2.75, 3.05) is 32.1 Å². The van der Waals surface area contributed by atoms with Crippen LogP contribution in [-0.2, 0) is 0 Å². The van der Waals surface area contributed by atoms with Gasteiger partial charge >= 0.3 is 0 Å². The van der Waals surface area contributed by atoms with Crippen LogP contribution in [-0.4, -0.2) is 33.3 Å². The van der Waals surface area contributed by atoms with Gasteiger partial charge in [-0.05, 0) is 56.5 Å². The fraction of sp³-hybridized carbons (Fsp3) is 0.647. The van der Waals surface area contributed by atoms with Crippen LogP contribution >= 0.6 is 0 Å². The largest absolute Gasteiger partial charge is 0.497 e. The van der Waals surface area contributed by atoms with Crippen LogP contribution in [0.1, 0.15) is 39.5 Å². The summed E-state index contributed by atoms with van der Waals surface area (Å²) < 4.78 is 5.19. The SMILES string of the molecule is CCCNC(CC)CCCN(C)c1ccc(OC)cc1. The molecule has 1 aromatic carbocycles. The smallest absolute Gasteiger partial charge is 0.119 e. The molecule has 0 aliphatic rings. The maximum Gasteiger partial charge on any atom is 0.119 e. The van der Waals surface area contributed by atoms with Crippen molar-refractivity contribution in [2.45, 2.75) is 45.6 Å². The van der Waals surface area contributed by atoms with E-state index in [9.17, 15) is 0 Å². The van der Waals surface area contributed by atoms with Gasteiger partial charge in [-0.2, -0.15) is 0 Å². The monoisotopic (exact) mass is 278 g/mol. The Morgan fingerprint density at radius 3 is 2.45 bits per heavy atom. The third-order valence-electron chi connectivity index (χ3n) is 3.74. The lowest BCUT2D eigenvalue weighted by molar-refractivity contribution is 0.415. The lowest BCUT2D eigenvalue weighted by Crippen LogP contribution is -2.30. The van der Waals surface area contributed by atoms with Crippen LogP contribution in [0.2, 0.25) is 0 Å². The molecule has 0 amide bonds. The standard InChI is InChI=1S/C17H30N2O/c1-5-13-18-15(6-2)8-7-14-19(3)16-9-11-17(20-4)12-10-16/h9-12,15,18H,5-8,13-14H2,1-4H3. The highest BCUT2D eigenvalue weighted by atomic mass is 16.5. The summed E-state index contributed by atoms with van der Waals surface area (Å²) in [5, 5.41) is 3.61. The van der Waals surface area contributed by atoms with Crippen molar-refractivity contribution in [2.24, 2.45) is 0 Å². The highest BCUT2D eigenvalue weighted by Gasteiger charge is 2.06. The van der Waals surface area contributed by atoms with Gasteiger partial charge in [-0.15, -0.1) is 0 Å². The Hall–Kier alpha value is -1.22. The highest BCUT2D eigenvalue weighted by Crippen LogP contribution is 2.18. The van der Waals surface area contributed by atoms with Crippen molar-refractivity contribution < 1.29 is 4.74 Å². The Kier molecular flexibility index (Phi) is 8.12. The Morgan fingerprint density at radius 2 is 1.90 bits per heavy atom. The molecule has 1 rings (SSSR count). The summed E-state index contributed by atoms with van der Waals surface area (Å²) in [5.41, 5.74) is 1.25. The van der Waals surface area contributed by atoms with Gasteiger partial charge in [0.2, 0.25) is 0 Å². The molecule has 3 heteroatoms. The maximum atomic E-state index is 5.19. The number of ether oxygens (including phenoxy) is 1. The quantitative estimate of drug-likeness (QED) is 0.706. The first-order valence-electron chi connectivity index (χ1n) is 7.79. The summed E-state index contributed by atoms with van der Waals surface area (Å²) >= 11 is 0. The molecule has 0 aliphatic heterocycles. The first kappa shape index (κ1) is 16.8. The van der Waals surface area contributed by atoms with E-state index in [-0.39, 0.29) is 0 Å². The number of benzene rings is 1. The number of hydrogen-bond acceptors (Lipinski definition) is 3. The fourth-order valence-corrected chi connectivity index (χ4v) is 2.34. The maximum absolute atomic E-state index is 5.19. The van der Waals surface area contributed by atoms with Gasteiger partial charge in [-0.3, -0.25) is 0 Å². The third kappa shape index (κ3) is 5.83. The zero-order chi connectivity index (χ0) is 14.8. The first-order valence-corrected chi connectivity index (χ1v) is 7.79. The van der Waals surface area contributed by atoms with Crippen LogP contribution in [0.15, 0.2) is 24.3 Å². The van der Waals surface area contributed by atoms with Crippen LogP contribution in [0.25, 0.3) is 0 Å². The van der Waals surface area contributed by atoms with Crippen molar-refractivity contribution in [3.05, 3.63) is 24.3 Å². The molecule has 0 aliphatic carbocycles. The molecule has 0 spiro atoms. The summed E-state index contributed by atoms with van der Waals surface area (Å²) in [6, 6.07) is 8.93. The molecule has 1 atom stereocenters. The van der Waals surface area contributed by atoms with Gasteiger partial charge in [0.05, 0.1) is 7.11 Å². The summed E-state index contributed by atoms with van der Waals surface area (Å²) in [6.07, 6.45) is 4.89. The Morgan fingerprint density at radius 1 is 1.20 bits per heavy atom. The second-order valence-electron chi connectivity index (χ2n) is 5.32. The molecule has 0 radical (unpaired) electrons. The average Bonchev–Trinajstić information content (AvgIpc) is 2.50. The van der Waals surface area contributed by atoms with Crippen LogP contribution in [0, 0.1) is 0 Å². The Bertz CT molecular complexity index is 351. The Labute approximate surface area is 124 Å². The van der Waals surface area contributed by atoms with Crippen LogP contribution < -0.4 is 15.0 Å². The molecule has 0 saturated heterocycles. The molecule has 3 nitrogen and oxygen atoms in total. The van der Waals surface area contributed by atoms with E-state index in [1.165, 1.54) is 31.4 Å². The number of nitrogens with zero attached hydrogens (tertiary/aromatic N) is 1. The molecule has 0 aromatic heterocycles. The minimum atomic E-state index is 0.666. The number of hydrogen-bond donors (Lipinski definition) is 1. The number of anilines is 1. The highest BCUT2D eigenvalue weighted by molar-refractivity contribution is 5.48. The zero-order valence-corrected chi connectivity index (χ0v) is 13.5. The number of nitrogens with one attached hydrogen (secondary N) is 1. The van der Waals surface area contributed by atoms with E-state index in [4.69, 9.17) is 4.74 Å². The van der Waals surface area contributed by atoms with Crippen LogP contribution in [0.5, 0.6) is 5.75 Å². The van der Waals surface area contributed by atoms with Crippen molar-refractivity contribution in [1.82, 2.24) is 5.32 Å². The third-order valence-corrected chi connectivity index (χ3v) is 3.74. The molecule has 114 valence electrons. The van der Waals surface area contributed by atoms with E-state index in [2.05, 4.69) is 43.2 Å². The van der Waals surface area contributed by atoms with Gasteiger partial charge in [0.1, 0.15) is 5.75 Å². The molecule has 1 unspecified atom stereocenters. The van der Waals surface area contributed by atoms with Gasteiger partial charge in [0.15, 0.2) is 0 Å². The van der Waals surface area contributed by atoms with Gasteiger partial charge in [-0.1, -0.05) is 13.8 Å². The summed E-state index contributed by atoms with van der Waals surface area (Å²) in [4.78, 5) is 2.31. The molecular formula is C17H30N2O. The van der Waals surface area contributed by atoms with E-state index >= 15 is 0 Å². The predicted octanol–water partition coefficient (Wildman–Crippen LogP) is 3.69. The van der Waals surface area contributed by atoms with Gasteiger partial charge in [-0.25, -0.2) is 0 Å². The van der Waals surface area contributed by atoms with Gasteiger partial charge in [0, 0.05) is 25.3 Å². The lowest BCUT2D eigenvalue weighted by atomic mass is 10.1. The number of methoxy groups -OCH3 is 1. The molecular weight excluding hydrogens is 248 g/mol. The van der Waals surface area contributed by atoms with E-state index in [0.717, 1.165) is 18.8 Å². The molecule has 0 heterocycles. The van der Waals surface area contributed by atoms with Gasteiger partial charge in [0.25, 0.3) is 0 Å². The van der Waals surface area contributed by atoms with Crippen molar-refractivity contribution in [3.8, 4) is 5.75 Å². The first-order chi connectivity index (χ1) is 9.71. The zero-order valence-electron chi connectivity index (χ0n) is 13.5. The van der Waals surface area contributed by atoms with E-state index < -0.39 is 0 Å². The van der Waals surface area contributed by atoms with Gasteiger partial charge < -0.3 is 15.0 Å². The molecule has 0 saturated carbocycles. The summed E-state index contributed by atoms with van der Waals surface area (Å²) in [7, 11) is 3.86. The average molecular weight is 278 g/mol. The summed E-state index contributed by atoms with van der Waals surface area (Å²) in [6.45, 7) is 6.71. The molecule has 1 aromatic rings. The second-order valence-corrected chi connectivity index (χ2v) is 5.32. The topological polar surface area (TPSA) is 24.5 Å². The normalized spacial score (nSPS) is 12.2. The Balaban J connectivity index is 2.32. The summed E-state index contributed by atoms with van der Waals surface area (Å²) in [5.74, 6) is 0.914. The van der Waals surface area contributed by atoms with Crippen molar-refractivity contribution in [1.29, 1.82) is 0 Å². The van der Waals surface area contributed by atoms with Crippen LogP contribution in [0.3, 0.4) is 0 Å². The molecule has 20 heavy (non-hydrogen) atoms. The molecule has 0 bridgehead atoms. The predicted molar refractivity (Wildman–Crippen MR) is 87.9 cm³/mol. The molecule has 0 fully saturated rings. The minimum Gasteiger partial charge on any atom is -0.497 e. The van der Waals surface area contributed by atoms with Crippen molar-refractivity contribution in [3.63, 3.8) is 0 Å². The van der Waals surface area contributed by atoms with Crippen LogP contribution in [0.4, 0.5) is 5.69 Å². The van der Waals surface area contributed by atoms with E-state index in [1.807, 2.05) is 12.1 Å². The number of rotatable bonds is 10.